The molecule has 22 heavy (non-hydrogen) atoms. The lowest BCUT2D eigenvalue weighted by atomic mass is 10.00. The van der Waals surface area contributed by atoms with Gasteiger partial charge in [-0.05, 0) is 25.7 Å². The average molecular weight is 329 g/mol. The highest BCUT2D eigenvalue weighted by Crippen LogP contribution is 2.23. The number of aromatic nitrogens is 3. The molecular weight excluding hydrogens is 306 g/mol. The summed E-state index contributed by atoms with van der Waals surface area (Å²) < 4.78 is 28.4. The minimum absolute atomic E-state index is 0.187. The Morgan fingerprint density at radius 1 is 1.45 bits per heavy atom. The maximum absolute atomic E-state index is 12.6. The molecule has 1 aliphatic rings. The van der Waals surface area contributed by atoms with Gasteiger partial charge in [-0.3, -0.25) is 9.48 Å². The second-order valence-electron chi connectivity index (χ2n) is 5.90. The molecule has 0 saturated carbocycles. The highest BCUT2D eigenvalue weighted by Gasteiger charge is 2.37. The van der Waals surface area contributed by atoms with E-state index in [9.17, 15) is 13.2 Å². The number of hydrogen-bond donors (Lipinski definition) is 0. The molecule has 0 unspecified atom stereocenters. The van der Waals surface area contributed by atoms with Crippen LogP contribution in [0.2, 0.25) is 0 Å². The number of amides is 1. The number of nitrogens with zero attached hydrogens (tertiary/aromatic N) is 5. The lowest BCUT2D eigenvalue weighted by molar-refractivity contribution is -0.128. The van der Waals surface area contributed by atoms with Gasteiger partial charge in [-0.25, -0.2) is 17.7 Å². The zero-order chi connectivity index (χ0) is 16.3. The molecule has 1 saturated heterocycles. The maximum atomic E-state index is 12.6. The van der Waals surface area contributed by atoms with Gasteiger partial charge in [0.25, 0.3) is 0 Å². The monoisotopic (exact) mass is 329 g/mol. The van der Waals surface area contributed by atoms with Crippen molar-refractivity contribution in [3.05, 3.63) is 12.7 Å². The first-order chi connectivity index (χ1) is 10.3. The number of piperidine rings is 1. The Morgan fingerprint density at radius 3 is 2.77 bits per heavy atom. The largest absolute Gasteiger partial charge is 0.348 e. The third-order valence-electron chi connectivity index (χ3n) is 3.99. The molecule has 1 aromatic rings. The van der Waals surface area contributed by atoms with Crippen LogP contribution in [0.15, 0.2) is 12.7 Å². The van der Waals surface area contributed by atoms with Crippen molar-refractivity contribution in [2.24, 2.45) is 5.92 Å². The van der Waals surface area contributed by atoms with Crippen LogP contribution in [0.1, 0.15) is 19.8 Å². The van der Waals surface area contributed by atoms with Crippen LogP contribution in [0.3, 0.4) is 0 Å². The molecule has 0 N–H and O–H groups in total. The van der Waals surface area contributed by atoms with Crippen molar-refractivity contribution in [3.63, 3.8) is 0 Å². The summed E-state index contributed by atoms with van der Waals surface area (Å²) in [5.74, 6) is -0.203. The summed E-state index contributed by atoms with van der Waals surface area (Å²) in [6, 6.07) is 0. The lowest BCUT2D eigenvalue weighted by Crippen LogP contribution is -2.49. The molecule has 1 amide bonds. The van der Waals surface area contributed by atoms with Gasteiger partial charge in [0.2, 0.25) is 15.9 Å². The molecule has 2 heterocycles. The zero-order valence-corrected chi connectivity index (χ0v) is 14.0. The summed E-state index contributed by atoms with van der Waals surface area (Å²) >= 11 is 0. The predicted molar refractivity (Wildman–Crippen MR) is 81.4 cm³/mol. The highest BCUT2D eigenvalue weighted by atomic mass is 32.2. The van der Waals surface area contributed by atoms with E-state index in [2.05, 4.69) is 10.1 Å². The molecule has 2 rings (SSSR count). The Balaban J connectivity index is 2.06. The number of hydrogen-bond acceptors (Lipinski definition) is 5. The Bertz CT molecular complexity index is 599. The quantitative estimate of drug-likeness (QED) is 0.746. The van der Waals surface area contributed by atoms with Crippen molar-refractivity contribution < 1.29 is 13.2 Å². The fourth-order valence-corrected chi connectivity index (χ4v) is 4.43. The second kappa shape index (κ2) is 6.74. The van der Waals surface area contributed by atoms with Crippen molar-refractivity contribution >= 4 is 15.9 Å². The fraction of sp³-hybridized carbons (Fsp3) is 0.769. The zero-order valence-electron chi connectivity index (χ0n) is 13.2. The van der Waals surface area contributed by atoms with Crippen LogP contribution < -0.4 is 0 Å². The van der Waals surface area contributed by atoms with Gasteiger partial charge in [0.05, 0.1) is 0 Å². The number of rotatable bonds is 5. The van der Waals surface area contributed by atoms with Crippen molar-refractivity contribution in [2.75, 3.05) is 27.2 Å². The van der Waals surface area contributed by atoms with Gasteiger partial charge in [0.15, 0.2) is 5.25 Å². The molecule has 0 bridgehead atoms. The molecule has 8 nitrogen and oxygen atoms in total. The third-order valence-corrected chi connectivity index (χ3v) is 6.14. The van der Waals surface area contributed by atoms with Gasteiger partial charge in [-0.1, -0.05) is 0 Å². The van der Waals surface area contributed by atoms with Crippen LogP contribution in [0.25, 0.3) is 0 Å². The van der Waals surface area contributed by atoms with Crippen LogP contribution in [0.4, 0.5) is 0 Å². The minimum Gasteiger partial charge on any atom is -0.348 e. The van der Waals surface area contributed by atoms with Crippen LogP contribution in [-0.4, -0.2) is 70.7 Å². The van der Waals surface area contributed by atoms with E-state index in [1.165, 1.54) is 22.5 Å². The molecule has 9 heteroatoms. The van der Waals surface area contributed by atoms with Gasteiger partial charge < -0.3 is 4.90 Å². The number of carbonyl (C=O) groups excluding carboxylic acids is 1. The maximum Gasteiger partial charge on any atom is 0.241 e. The average Bonchev–Trinajstić information content (AvgIpc) is 2.98. The molecule has 0 aliphatic carbocycles. The second-order valence-corrected chi connectivity index (χ2v) is 8.16. The van der Waals surface area contributed by atoms with E-state index in [1.54, 1.807) is 25.1 Å². The summed E-state index contributed by atoms with van der Waals surface area (Å²) in [7, 11) is -0.486. The minimum atomic E-state index is -3.62. The molecular formula is C13H23N5O3S. The Labute approximate surface area is 131 Å². The van der Waals surface area contributed by atoms with Crippen molar-refractivity contribution in [2.45, 2.75) is 31.6 Å². The smallest absolute Gasteiger partial charge is 0.241 e. The van der Waals surface area contributed by atoms with E-state index in [0.717, 1.165) is 12.8 Å². The Hall–Kier alpha value is -1.48. The number of sulfonamides is 1. The van der Waals surface area contributed by atoms with Gasteiger partial charge in [-0.2, -0.15) is 5.10 Å². The molecule has 0 radical (unpaired) electrons. The topological polar surface area (TPSA) is 88.4 Å². The SMILES string of the molecule is C[C@H](C(=O)N(C)C)S(=O)(=O)N1CCC[C@H](Cn2cncn2)C1. The van der Waals surface area contributed by atoms with Gasteiger partial charge in [0.1, 0.15) is 12.7 Å². The molecule has 1 aromatic heterocycles. The first-order valence-corrected chi connectivity index (χ1v) is 8.85. The summed E-state index contributed by atoms with van der Waals surface area (Å²) in [5.41, 5.74) is 0. The molecule has 2 atom stereocenters. The standard InChI is InChI=1S/C13H23N5O3S/c1-11(13(19)16(2)3)22(20,21)18-6-4-5-12(8-18)7-17-10-14-9-15-17/h9-12H,4-8H2,1-3H3/t11-,12-/m1/s1. The van der Waals surface area contributed by atoms with Crippen LogP contribution in [0.5, 0.6) is 0 Å². The normalized spacial score (nSPS) is 21.5. The molecule has 1 fully saturated rings. The van der Waals surface area contributed by atoms with Crippen LogP contribution >= 0.6 is 0 Å². The molecule has 124 valence electrons. The van der Waals surface area contributed by atoms with E-state index >= 15 is 0 Å². The van der Waals surface area contributed by atoms with Crippen LogP contribution in [-0.2, 0) is 21.4 Å². The molecule has 0 aromatic carbocycles. The first-order valence-electron chi connectivity index (χ1n) is 7.35. The Kier molecular flexibility index (Phi) is 5.17. The summed E-state index contributed by atoms with van der Waals surface area (Å²) in [4.78, 5) is 17.2. The predicted octanol–water partition coefficient (Wildman–Crippen LogP) is -0.203. The highest BCUT2D eigenvalue weighted by molar-refractivity contribution is 7.90. The van der Waals surface area contributed by atoms with E-state index in [4.69, 9.17) is 0 Å². The first kappa shape index (κ1) is 16.9. The van der Waals surface area contributed by atoms with Gasteiger partial charge in [-0.15, -0.1) is 0 Å². The fourth-order valence-electron chi connectivity index (χ4n) is 2.71. The van der Waals surface area contributed by atoms with E-state index in [0.29, 0.717) is 19.6 Å². The molecule has 1 aliphatic heterocycles. The summed E-state index contributed by atoms with van der Waals surface area (Å²) in [6.07, 6.45) is 4.84. The summed E-state index contributed by atoms with van der Waals surface area (Å²) in [5, 5.41) is 3.01. The van der Waals surface area contributed by atoms with Crippen molar-refractivity contribution in [3.8, 4) is 0 Å². The third kappa shape index (κ3) is 3.64. The summed E-state index contributed by atoms with van der Waals surface area (Å²) in [6.45, 7) is 3.00. The van der Waals surface area contributed by atoms with E-state index in [1.807, 2.05) is 0 Å². The van der Waals surface area contributed by atoms with Gasteiger partial charge in [0, 0.05) is 33.7 Å². The van der Waals surface area contributed by atoms with E-state index < -0.39 is 21.2 Å². The Morgan fingerprint density at radius 2 is 2.18 bits per heavy atom. The van der Waals surface area contributed by atoms with Crippen molar-refractivity contribution in [1.82, 2.24) is 24.0 Å². The van der Waals surface area contributed by atoms with Gasteiger partial charge >= 0.3 is 0 Å². The molecule has 0 spiro atoms. The number of carbonyl (C=O) groups is 1. The van der Waals surface area contributed by atoms with Crippen molar-refractivity contribution in [1.29, 1.82) is 0 Å². The van der Waals surface area contributed by atoms with Crippen LogP contribution in [0, 0.1) is 5.92 Å². The lowest BCUT2D eigenvalue weighted by Gasteiger charge is -2.33. The van der Waals surface area contributed by atoms with E-state index in [-0.39, 0.29) is 5.92 Å².